The number of aryl methyl sites for hydroxylation is 1. The van der Waals surface area contributed by atoms with Gasteiger partial charge in [-0.3, -0.25) is 13.3 Å². The van der Waals surface area contributed by atoms with Gasteiger partial charge in [-0.25, -0.2) is 19.5 Å². The fourth-order valence-corrected chi connectivity index (χ4v) is 5.73. The summed E-state index contributed by atoms with van der Waals surface area (Å²) in [7, 11) is -5.78. The second kappa shape index (κ2) is 5.67. The molecule has 2 aromatic heterocycles. The molecule has 0 saturated heterocycles. The summed E-state index contributed by atoms with van der Waals surface area (Å²) < 4.78 is 30.3. The van der Waals surface area contributed by atoms with Crippen molar-refractivity contribution in [2.24, 2.45) is 11.8 Å². The Kier molecular flexibility index (Phi) is 3.85. The van der Waals surface area contributed by atoms with Gasteiger partial charge in [-0.2, -0.15) is 0 Å². The molecular weight excluding hydrogens is 355 g/mol. The lowest BCUT2D eigenvalue weighted by Gasteiger charge is -2.20. The third-order valence-electron chi connectivity index (χ3n) is 4.83. The van der Waals surface area contributed by atoms with E-state index in [4.69, 9.17) is 14.3 Å². The van der Waals surface area contributed by atoms with Gasteiger partial charge in [0.15, 0.2) is 5.65 Å². The molecule has 0 radical (unpaired) electrons. The Labute approximate surface area is 140 Å². The van der Waals surface area contributed by atoms with Crippen molar-refractivity contribution in [2.45, 2.75) is 31.0 Å². The van der Waals surface area contributed by atoms with Crippen LogP contribution in [-0.4, -0.2) is 45.9 Å². The first-order chi connectivity index (χ1) is 11.3. The molecular formula is C13H17N4O5PS. The summed E-state index contributed by atoms with van der Waals surface area (Å²) in [6.45, 7) is 1.81. The largest absolute Gasteiger partial charge is 0.469 e. The molecule has 1 aliphatic carbocycles. The van der Waals surface area contributed by atoms with Crippen LogP contribution in [0.1, 0.15) is 24.6 Å². The van der Waals surface area contributed by atoms with Crippen molar-refractivity contribution in [1.82, 2.24) is 19.5 Å². The number of hydrogen-bond donors (Lipinski definition) is 2. The van der Waals surface area contributed by atoms with Gasteiger partial charge in [-0.1, -0.05) is 0 Å². The second-order valence-electron chi connectivity index (χ2n) is 6.34. The quantitative estimate of drug-likeness (QED) is 0.762. The number of rotatable bonds is 3. The molecule has 4 atom stereocenters. The predicted octanol–water partition coefficient (Wildman–Crippen LogP) is 0.933. The first kappa shape index (κ1) is 16.3. The molecule has 9 nitrogen and oxygen atoms in total. The summed E-state index contributed by atoms with van der Waals surface area (Å²) in [5.74, 6) is 0.462. The first-order valence-electron chi connectivity index (χ1n) is 7.61. The summed E-state index contributed by atoms with van der Waals surface area (Å²) >= 11 is 0. The van der Waals surface area contributed by atoms with Crippen LogP contribution in [0.3, 0.4) is 0 Å². The van der Waals surface area contributed by atoms with E-state index in [1.54, 1.807) is 0 Å². The van der Waals surface area contributed by atoms with E-state index in [0.29, 0.717) is 28.5 Å². The molecule has 3 heterocycles. The normalized spacial score (nSPS) is 29.6. The van der Waals surface area contributed by atoms with E-state index in [2.05, 4.69) is 15.0 Å². The smallest absolute Gasteiger partial charge is 0.303 e. The third kappa shape index (κ3) is 2.72. The van der Waals surface area contributed by atoms with Crippen LogP contribution in [0.25, 0.3) is 11.2 Å². The summed E-state index contributed by atoms with van der Waals surface area (Å²) in [5.41, 5.74) is 2.08. The van der Waals surface area contributed by atoms with E-state index in [1.807, 2.05) is 11.5 Å². The maximum Gasteiger partial charge on any atom is 0.469 e. The van der Waals surface area contributed by atoms with Crippen LogP contribution in [0.2, 0.25) is 0 Å². The molecule has 0 aromatic carbocycles. The lowest BCUT2D eigenvalue weighted by molar-refractivity contribution is 0.155. The van der Waals surface area contributed by atoms with E-state index in [0.717, 1.165) is 12.1 Å². The lowest BCUT2D eigenvalue weighted by atomic mass is 9.99. The van der Waals surface area contributed by atoms with Gasteiger partial charge < -0.3 is 9.79 Å². The van der Waals surface area contributed by atoms with Crippen LogP contribution in [0, 0.1) is 18.8 Å². The topological polar surface area (TPSA) is 127 Å². The standard InChI is InChI=1S/C13H17N4O5PS/c1-7-11-12(15-6-14-7)17-10-2-8(4-22-23(18,19)20)9(3-10)5-24(21)13(17)16-11/h6,8-10H,2-5H2,1H3,(H2,18,19,20)/t8-,9+,10-,24?/m0/s1. The van der Waals surface area contributed by atoms with Gasteiger partial charge in [0.25, 0.3) is 0 Å². The predicted molar refractivity (Wildman–Crippen MR) is 84.6 cm³/mol. The number of nitrogens with zero attached hydrogens (tertiary/aromatic N) is 4. The van der Waals surface area contributed by atoms with Crippen molar-refractivity contribution < 1.29 is 23.1 Å². The zero-order valence-corrected chi connectivity index (χ0v) is 14.6. The molecule has 1 saturated carbocycles. The Bertz CT molecular complexity index is 881. The summed E-state index contributed by atoms with van der Waals surface area (Å²) in [5, 5.41) is 0.524. The van der Waals surface area contributed by atoms with Crippen LogP contribution in [-0.2, 0) is 19.9 Å². The molecule has 0 amide bonds. The SMILES string of the molecule is Cc1ncnc2c1nc1n2[C@H]2C[C@@H](COP(=O)(O)O)[C@H](C2)CS1=O. The number of hydrogen-bond acceptors (Lipinski definition) is 6. The maximum atomic E-state index is 12.7. The monoisotopic (exact) mass is 372 g/mol. The van der Waals surface area contributed by atoms with Gasteiger partial charge in [0.1, 0.15) is 11.8 Å². The van der Waals surface area contributed by atoms with Crippen LogP contribution in [0.15, 0.2) is 11.5 Å². The van der Waals surface area contributed by atoms with Crippen molar-refractivity contribution in [3.05, 3.63) is 12.0 Å². The van der Waals surface area contributed by atoms with Crippen LogP contribution in [0.4, 0.5) is 0 Å². The maximum absolute atomic E-state index is 12.7. The fraction of sp³-hybridized carbons (Fsp3) is 0.615. The molecule has 2 N–H and O–H groups in total. The fourth-order valence-electron chi connectivity index (χ4n) is 3.75. The van der Waals surface area contributed by atoms with Gasteiger partial charge in [0.05, 0.1) is 23.1 Å². The average Bonchev–Trinajstić information content (AvgIpc) is 3.02. The molecule has 11 heteroatoms. The molecule has 4 rings (SSSR count). The lowest BCUT2D eigenvalue weighted by Crippen LogP contribution is -2.21. The van der Waals surface area contributed by atoms with Gasteiger partial charge in [-0.05, 0) is 31.6 Å². The molecule has 1 fully saturated rings. The Morgan fingerprint density at radius 3 is 2.96 bits per heavy atom. The van der Waals surface area contributed by atoms with Gasteiger partial charge in [-0.15, -0.1) is 0 Å². The zero-order chi connectivity index (χ0) is 17.1. The third-order valence-corrected chi connectivity index (χ3v) is 6.75. The number of phosphoric ester groups is 1. The highest BCUT2D eigenvalue weighted by molar-refractivity contribution is 7.84. The summed E-state index contributed by atoms with van der Waals surface area (Å²) in [4.78, 5) is 30.8. The Hall–Kier alpha value is -1.19. The Balaban J connectivity index is 1.72. The van der Waals surface area contributed by atoms with Crippen LogP contribution in [0.5, 0.6) is 0 Å². The minimum atomic E-state index is -4.50. The van der Waals surface area contributed by atoms with E-state index in [-0.39, 0.29) is 24.5 Å². The molecule has 0 spiro atoms. The van der Waals surface area contributed by atoms with Crippen LogP contribution < -0.4 is 0 Å². The zero-order valence-electron chi connectivity index (χ0n) is 12.9. The highest BCUT2D eigenvalue weighted by atomic mass is 32.2. The highest BCUT2D eigenvalue weighted by Gasteiger charge is 2.42. The van der Waals surface area contributed by atoms with E-state index in [9.17, 15) is 8.77 Å². The molecule has 2 bridgehead atoms. The number of fused-ring (bicyclic) bond motifs is 6. The summed E-state index contributed by atoms with van der Waals surface area (Å²) in [6.07, 6.45) is 2.95. The molecule has 2 aromatic rings. The number of aromatic nitrogens is 4. The van der Waals surface area contributed by atoms with Crippen molar-refractivity contribution in [1.29, 1.82) is 0 Å². The van der Waals surface area contributed by atoms with Crippen molar-refractivity contribution in [2.75, 3.05) is 12.4 Å². The van der Waals surface area contributed by atoms with Crippen LogP contribution >= 0.6 is 7.82 Å². The molecule has 2 aliphatic rings. The van der Waals surface area contributed by atoms with Gasteiger partial charge >= 0.3 is 7.82 Å². The Morgan fingerprint density at radius 1 is 1.42 bits per heavy atom. The van der Waals surface area contributed by atoms with Gasteiger partial charge in [0, 0.05) is 11.8 Å². The summed E-state index contributed by atoms with van der Waals surface area (Å²) in [6, 6.07) is 0.0566. The average molecular weight is 372 g/mol. The van der Waals surface area contributed by atoms with Crippen molar-refractivity contribution in [3.8, 4) is 0 Å². The Morgan fingerprint density at radius 2 is 2.21 bits per heavy atom. The minimum Gasteiger partial charge on any atom is -0.303 e. The van der Waals surface area contributed by atoms with Gasteiger partial charge in [0.2, 0.25) is 5.16 Å². The first-order valence-corrected chi connectivity index (χ1v) is 10.5. The van der Waals surface area contributed by atoms with Crippen molar-refractivity contribution in [3.63, 3.8) is 0 Å². The van der Waals surface area contributed by atoms with E-state index < -0.39 is 18.6 Å². The molecule has 24 heavy (non-hydrogen) atoms. The number of phosphoric acid groups is 1. The number of imidazole rings is 1. The second-order valence-corrected chi connectivity index (χ2v) is 8.97. The molecule has 1 aliphatic heterocycles. The van der Waals surface area contributed by atoms with Crippen molar-refractivity contribution >= 4 is 29.8 Å². The van der Waals surface area contributed by atoms with E-state index in [1.165, 1.54) is 6.33 Å². The highest BCUT2D eigenvalue weighted by Crippen LogP contribution is 2.47. The molecule has 130 valence electrons. The van der Waals surface area contributed by atoms with E-state index >= 15 is 0 Å². The molecule has 1 unspecified atom stereocenters. The minimum absolute atomic E-state index is 0.0291.